The van der Waals surface area contributed by atoms with Crippen LogP contribution in [0.5, 0.6) is 23.0 Å². The van der Waals surface area contributed by atoms with Crippen molar-refractivity contribution in [3.05, 3.63) is 57.8 Å². The molecule has 0 unspecified atom stereocenters. The minimum absolute atomic E-state index is 0.00783. The van der Waals surface area contributed by atoms with Crippen LogP contribution in [0.4, 0.5) is 0 Å². The smallest absolute Gasteiger partial charge is 0.239 e. The highest BCUT2D eigenvalue weighted by molar-refractivity contribution is 5.91. The van der Waals surface area contributed by atoms with E-state index in [2.05, 4.69) is 0 Å². The second kappa shape index (κ2) is 18.3. The average Bonchev–Trinajstić information content (AvgIpc) is 3.21. The van der Waals surface area contributed by atoms with Gasteiger partial charge < -0.3 is 93.7 Å². The number of phenols is 1. The van der Waals surface area contributed by atoms with Crippen LogP contribution in [0.25, 0.3) is 22.3 Å². The number of methoxy groups -OCH3 is 1. The van der Waals surface area contributed by atoms with Gasteiger partial charge in [0.25, 0.3) is 0 Å². The zero-order valence-corrected chi connectivity index (χ0v) is 32.3. The van der Waals surface area contributed by atoms with Crippen LogP contribution in [0.1, 0.15) is 26.3 Å². The summed E-state index contributed by atoms with van der Waals surface area (Å²) < 4.78 is 46.2. The Labute approximate surface area is 336 Å². The van der Waals surface area contributed by atoms with Gasteiger partial charge >= 0.3 is 0 Å². The highest BCUT2D eigenvalue weighted by atomic mass is 16.7. The molecule has 0 amide bonds. The van der Waals surface area contributed by atoms with E-state index in [1.807, 2.05) is 0 Å². The van der Waals surface area contributed by atoms with Crippen molar-refractivity contribution in [1.82, 2.24) is 0 Å². The Kier molecular flexibility index (Phi) is 13.9. The van der Waals surface area contributed by atoms with Crippen LogP contribution in [0.15, 0.2) is 51.2 Å². The SMILES string of the molecule is COc1ccc(-c2oc3c(CC=C(C)C)c(O[C@H]4O[C@@H](CO)[C@H](O)[C@@H](O)[C@@H]4O)cc(O)c3c(=O)c2O[C@H]2O[C@H](C)[C@@H](O)[C@H](O[C@H]3O[C@@H](CO)[C@H](O)[C@@H](O)[C@@H]3O)[C@@H]2O)cc1. The highest BCUT2D eigenvalue weighted by Crippen LogP contribution is 2.42. The molecule has 326 valence electrons. The molecule has 4 heterocycles. The van der Waals surface area contributed by atoms with Crippen LogP contribution in [0, 0.1) is 0 Å². The van der Waals surface area contributed by atoms with Crippen molar-refractivity contribution in [3.63, 3.8) is 0 Å². The number of aliphatic hydroxyl groups excluding tert-OH is 10. The normalized spacial score (nSPS) is 35.0. The van der Waals surface area contributed by atoms with Crippen molar-refractivity contribution < 1.29 is 93.7 Å². The fourth-order valence-electron chi connectivity index (χ4n) is 7.00. The second-order valence-electron chi connectivity index (χ2n) is 14.8. The number of phenolic OH excluding ortho intramolecular Hbond substituents is 1. The van der Waals surface area contributed by atoms with E-state index < -0.39 is 128 Å². The maximum absolute atomic E-state index is 14.6. The van der Waals surface area contributed by atoms with Crippen molar-refractivity contribution in [3.8, 4) is 34.3 Å². The van der Waals surface area contributed by atoms with E-state index in [0.29, 0.717) is 5.75 Å². The molecule has 1 aromatic heterocycles. The molecule has 0 radical (unpaired) electrons. The molecular formula is C39H50O20. The molecule has 3 saturated heterocycles. The lowest BCUT2D eigenvalue weighted by Gasteiger charge is -2.45. The van der Waals surface area contributed by atoms with Gasteiger partial charge in [0.2, 0.25) is 23.8 Å². The number of hydrogen-bond donors (Lipinski definition) is 11. The average molecular weight is 839 g/mol. The number of aliphatic hydroxyl groups is 10. The Hall–Kier alpha value is -3.97. The summed E-state index contributed by atoms with van der Waals surface area (Å²) >= 11 is 0. The highest BCUT2D eigenvalue weighted by Gasteiger charge is 2.51. The lowest BCUT2D eigenvalue weighted by molar-refractivity contribution is -0.350. The molecule has 11 N–H and O–H groups in total. The largest absolute Gasteiger partial charge is 0.507 e. The van der Waals surface area contributed by atoms with Gasteiger partial charge in [-0.3, -0.25) is 4.79 Å². The van der Waals surface area contributed by atoms with E-state index in [-0.39, 0.29) is 34.6 Å². The molecule has 3 aromatic rings. The number of fused-ring (bicyclic) bond motifs is 1. The van der Waals surface area contributed by atoms with Crippen molar-refractivity contribution in [1.29, 1.82) is 0 Å². The number of allylic oxidation sites excluding steroid dienone is 2. The van der Waals surface area contributed by atoms with Crippen LogP contribution in [-0.4, -0.2) is 169 Å². The first-order valence-electron chi connectivity index (χ1n) is 18.8. The van der Waals surface area contributed by atoms with E-state index in [1.165, 1.54) is 26.2 Å². The van der Waals surface area contributed by atoms with Crippen LogP contribution >= 0.6 is 0 Å². The van der Waals surface area contributed by atoms with Gasteiger partial charge in [0.05, 0.1) is 26.4 Å². The van der Waals surface area contributed by atoms with Crippen LogP contribution in [0.2, 0.25) is 0 Å². The summed E-state index contributed by atoms with van der Waals surface area (Å²) in [6.07, 6.45) is -23.4. The maximum Gasteiger partial charge on any atom is 0.239 e. The van der Waals surface area contributed by atoms with Gasteiger partial charge in [-0.15, -0.1) is 0 Å². The summed E-state index contributed by atoms with van der Waals surface area (Å²) in [6.45, 7) is 3.48. The fraction of sp³-hybridized carbons (Fsp3) is 0.564. The summed E-state index contributed by atoms with van der Waals surface area (Å²) in [7, 11) is 1.44. The molecule has 3 aliphatic rings. The Bertz CT molecular complexity index is 1990. The van der Waals surface area contributed by atoms with Gasteiger partial charge in [-0.2, -0.15) is 0 Å². The van der Waals surface area contributed by atoms with Gasteiger partial charge in [-0.1, -0.05) is 11.6 Å². The number of ether oxygens (including phenoxy) is 7. The number of aromatic hydroxyl groups is 1. The summed E-state index contributed by atoms with van der Waals surface area (Å²) in [5.41, 5.74) is -0.00688. The van der Waals surface area contributed by atoms with Crippen LogP contribution in [0.3, 0.4) is 0 Å². The summed E-state index contributed by atoms with van der Waals surface area (Å²) in [5.74, 6) is -1.30. The Morgan fingerprint density at radius 2 is 1.32 bits per heavy atom. The van der Waals surface area contributed by atoms with E-state index in [0.717, 1.165) is 11.6 Å². The summed E-state index contributed by atoms with van der Waals surface area (Å²) in [4.78, 5) is 14.6. The first-order valence-corrected chi connectivity index (χ1v) is 18.8. The molecule has 20 nitrogen and oxygen atoms in total. The third-order valence-corrected chi connectivity index (χ3v) is 10.5. The van der Waals surface area contributed by atoms with Gasteiger partial charge in [0.15, 0.2) is 12.1 Å². The van der Waals surface area contributed by atoms with Crippen molar-refractivity contribution >= 4 is 11.0 Å². The van der Waals surface area contributed by atoms with Gasteiger partial charge in [-0.05, 0) is 51.5 Å². The molecular weight excluding hydrogens is 788 g/mol. The molecule has 6 rings (SSSR count). The molecule has 20 heteroatoms. The summed E-state index contributed by atoms with van der Waals surface area (Å²) in [6, 6.07) is 7.20. The first kappa shape index (κ1) is 44.6. The minimum Gasteiger partial charge on any atom is -0.507 e. The van der Waals surface area contributed by atoms with E-state index >= 15 is 0 Å². The zero-order valence-electron chi connectivity index (χ0n) is 32.3. The molecule has 0 bridgehead atoms. The van der Waals surface area contributed by atoms with Crippen molar-refractivity contribution in [2.75, 3.05) is 20.3 Å². The molecule has 15 atom stereocenters. The lowest BCUT2D eigenvalue weighted by atomic mass is 9.97. The molecule has 3 fully saturated rings. The topological polar surface area (TPSA) is 317 Å². The first-order chi connectivity index (χ1) is 28.0. The van der Waals surface area contributed by atoms with Crippen molar-refractivity contribution in [2.45, 2.75) is 119 Å². The standard InChI is InChI=1S/C39H50O20/c1-14(2)5-10-18-20(54-37-30(49)28(47)25(44)21(12-40)55-37)11-19(42)23-27(46)36(33(57-34(18)23)16-6-8-17(52-4)9-7-16)59-39-32(51)35(24(43)15(3)53-39)58-38-31(50)29(48)26(45)22(13-41)56-38/h5-9,11,15,21-22,24-26,28-32,35,37-45,47-51H,10,12-13H2,1-4H3/t15-,21+,22+,24-,25+,26+,28-,29-,30+,31+,32+,35+,37+,38-,39-/m1/s1. The number of benzene rings is 2. The molecule has 0 saturated carbocycles. The minimum atomic E-state index is -1.96. The molecule has 2 aromatic carbocycles. The van der Waals surface area contributed by atoms with E-state index in [4.69, 9.17) is 37.6 Å². The van der Waals surface area contributed by atoms with E-state index in [9.17, 15) is 61.0 Å². The Morgan fingerprint density at radius 3 is 1.90 bits per heavy atom. The predicted molar refractivity (Wildman–Crippen MR) is 199 cm³/mol. The molecule has 0 spiro atoms. The number of rotatable bonds is 12. The van der Waals surface area contributed by atoms with Crippen LogP contribution in [-0.2, 0) is 25.4 Å². The monoisotopic (exact) mass is 838 g/mol. The van der Waals surface area contributed by atoms with Gasteiger partial charge in [0, 0.05) is 17.2 Å². The Morgan fingerprint density at radius 1 is 0.746 bits per heavy atom. The molecule has 0 aliphatic carbocycles. The Balaban J connectivity index is 1.45. The zero-order chi connectivity index (χ0) is 43.0. The third kappa shape index (κ3) is 8.79. The van der Waals surface area contributed by atoms with Crippen LogP contribution < -0.4 is 19.6 Å². The lowest BCUT2D eigenvalue weighted by Crippen LogP contribution is -2.64. The fourth-order valence-corrected chi connectivity index (χ4v) is 7.00. The van der Waals surface area contributed by atoms with Gasteiger partial charge in [0.1, 0.15) is 95.4 Å². The summed E-state index contributed by atoms with van der Waals surface area (Å²) in [5, 5.41) is 116. The van der Waals surface area contributed by atoms with Crippen molar-refractivity contribution in [2.24, 2.45) is 0 Å². The number of hydrogen-bond acceptors (Lipinski definition) is 20. The van der Waals surface area contributed by atoms with Gasteiger partial charge in [-0.25, -0.2) is 0 Å². The quantitative estimate of drug-likeness (QED) is 0.0870. The maximum atomic E-state index is 14.6. The third-order valence-electron chi connectivity index (χ3n) is 10.5. The molecule has 3 aliphatic heterocycles. The molecule has 59 heavy (non-hydrogen) atoms. The predicted octanol–water partition coefficient (Wildman–Crippen LogP) is -2.11. The van der Waals surface area contributed by atoms with E-state index in [1.54, 1.807) is 32.1 Å². The second-order valence-corrected chi connectivity index (χ2v) is 14.8.